The number of hydrogen-bond acceptors (Lipinski definition) is 3. The van der Waals surface area contributed by atoms with E-state index in [0.29, 0.717) is 18.1 Å². The summed E-state index contributed by atoms with van der Waals surface area (Å²) in [5.74, 6) is 0.173. The van der Waals surface area contributed by atoms with Crippen molar-refractivity contribution in [3.8, 4) is 0 Å². The van der Waals surface area contributed by atoms with E-state index in [2.05, 4.69) is 0 Å². The number of fused-ring (bicyclic) bond motifs is 1. The maximum absolute atomic E-state index is 12.2. The van der Waals surface area contributed by atoms with Gasteiger partial charge in [-0.25, -0.2) is 4.79 Å². The van der Waals surface area contributed by atoms with Gasteiger partial charge in [0.25, 0.3) is 0 Å². The number of carbonyl (C=O) groups excluding carboxylic acids is 2. The Hall–Kier alpha value is -1.12. The van der Waals surface area contributed by atoms with E-state index in [0.717, 1.165) is 32.1 Å². The molecule has 2 rings (SSSR count). The van der Waals surface area contributed by atoms with E-state index in [9.17, 15) is 9.59 Å². The molecule has 1 saturated carbocycles. The maximum Gasteiger partial charge on any atom is 0.341 e. The van der Waals surface area contributed by atoms with Crippen molar-refractivity contribution in [2.45, 2.75) is 39.0 Å². The van der Waals surface area contributed by atoms with Crippen LogP contribution in [0.1, 0.15) is 39.0 Å². The second-order valence-corrected chi connectivity index (χ2v) is 4.58. The van der Waals surface area contributed by atoms with E-state index in [1.807, 2.05) is 0 Å². The predicted molar refractivity (Wildman–Crippen MR) is 59.8 cm³/mol. The van der Waals surface area contributed by atoms with Crippen LogP contribution >= 0.6 is 0 Å². The molecule has 0 aliphatic heterocycles. The molecule has 0 spiro atoms. The number of rotatable bonds is 2. The molecule has 1 fully saturated rings. The van der Waals surface area contributed by atoms with Gasteiger partial charge < -0.3 is 4.74 Å². The van der Waals surface area contributed by atoms with Crippen LogP contribution < -0.4 is 0 Å². The molecule has 2 aliphatic rings. The molecule has 16 heavy (non-hydrogen) atoms. The van der Waals surface area contributed by atoms with Gasteiger partial charge in [-0.05, 0) is 38.5 Å². The highest BCUT2D eigenvalue weighted by Gasteiger charge is 2.37. The van der Waals surface area contributed by atoms with Gasteiger partial charge in [0, 0.05) is 5.92 Å². The zero-order chi connectivity index (χ0) is 11.5. The average Bonchev–Trinajstić information content (AvgIpc) is 2.66. The fourth-order valence-corrected chi connectivity index (χ4v) is 2.86. The van der Waals surface area contributed by atoms with Gasteiger partial charge in [-0.3, -0.25) is 4.79 Å². The van der Waals surface area contributed by atoms with Crippen molar-refractivity contribution in [3.05, 3.63) is 11.6 Å². The van der Waals surface area contributed by atoms with Gasteiger partial charge in [-0.15, -0.1) is 0 Å². The number of hydrogen-bond donors (Lipinski definition) is 0. The van der Waals surface area contributed by atoms with Gasteiger partial charge in [-0.1, -0.05) is 12.5 Å². The molecule has 0 unspecified atom stereocenters. The minimum Gasteiger partial charge on any atom is -0.462 e. The summed E-state index contributed by atoms with van der Waals surface area (Å²) in [5.41, 5.74) is 0.302. The molecule has 2 atom stereocenters. The topological polar surface area (TPSA) is 43.4 Å². The summed E-state index contributed by atoms with van der Waals surface area (Å²) < 4.78 is 4.93. The summed E-state index contributed by atoms with van der Waals surface area (Å²) in [7, 11) is 0. The molecular weight excluding hydrogens is 204 g/mol. The molecule has 88 valence electrons. The predicted octanol–water partition coefficient (Wildman–Crippen LogP) is 2.26. The zero-order valence-electron chi connectivity index (χ0n) is 9.70. The number of Topliss-reactive ketones (excluding diaryl/α,β-unsaturated/α-hetero) is 1. The number of allylic oxidation sites excluding steroid dienone is 1. The van der Waals surface area contributed by atoms with E-state index in [1.165, 1.54) is 0 Å². The molecule has 0 aromatic rings. The molecule has 2 aliphatic carbocycles. The highest BCUT2D eigenvalue weighted by molar-refractivity contribution is 6.18. The molecular formula is C13H18O3. The smallest absolute Gasteiger partial charge is 0.341 e. The Bertz CT molecular complexity index is 330. The van der Waals surface area contributed by atoms with Gasteiger partial charge >= 0.3 is 5.97 Å². The molecule has 0 saturated heterocycles. The number of esters is 1. The van der Waals surface area contributed by atoms with Gasteiger partial charge in [-0.2, -0.15) is 0 Å². The highest BCUT2D eigenvalue weighted by atomic mass is 16.5. The SMILES string of the molecule is CCOC(=O)C1=CCC[C@@H]2CCC[C@@H]2C1=O. The molecule has 0 amide bonds. The van der Waals surface area contributed by atoms with Crippen LogP contribution in [0.5, 0.6) is 0 Å². The van der Waals surface area contributed by atoms with Gasteiger partial charge in [0.2, 0.25) is 0 Å². The fourth-order valence-electron chi connectivity index (χ4n) is 2.86. The fraction of sp³-hybridized carbons (Fsp3) is 0.692. The summed E-state index contributed by atoms with van der Waals surface area (Å²) in [6.07, 6.45) is 6.86. The van der Waals surface area contributed by atoms with Crippen LogP contribution in [-0.2, 0) is 14.3 Å². The number of ketones is 1. The lowest BCUT2D eigenvalue weighted by Crippen LogP contribution is -2.24. The van der Waals surface area contributed by atoms with Crippen LogP contribution in [0.25, 0.3) is 0 Å². The van der Waals surface area contributed by atoms with Crippen molar-refractivity contribution in [2.24, 2.45) is 11.8 Å². The molecule has 0 bridgehead atoms. The first kappa shape index (κ1) is 11.4. The Morgan fingerprint density at radius 1 is 1.44 bits per heavy atom. The number of ether oxygens (including phenoxy) is 1. The summed E-state index contributed by atoms with van der Waals surface area (Å²) in [6.45, 7) is 2.09. The maximum atomic E-state index is 12.2. The largest absolute Gasteiger partial charge is 0.462 e. The van der Waals surface area contributed by atoms with E-state index in [-0.39, 0.29) is 11.7 Å². The van der Waals surface area contributed by atoms with Crippen LogP contribution in [-0.4, -0.2) is 18.4 Å². The normalized spacial score (nSPS) is 29.3. The average molecular weight is 222 g/mol. The van der Waals surface area contributed by atoms with Gasteiger partial charge in [0.1, 0.15) is 0 Å². The second kappa shape index (κ2) is 4.81. The highest BCUT2D eigenvalue weighted by Crippen LogP contribution is 2.39. The van der Waals surface area contributed by atoms with Gasteiger partial charge in [0.05, 0.1) is 12.2 Å². The van der Waals surface area contributed by atoms with Crippen LogP contribution in [0.2, 0.25) is 0 Å². The second-order valence-electron chi connectivity index (χ2n) is 4.58. The minimum absolute atomic E-state index is 0.0263. The first-order valence-corrected chi connectivity index (χ1v) is 6.15. The summed E-state index contributed by atoms with van der Waals surface area (Å²) in [6, 6.07) is 0. The quantitative estimate of drug-likeness (QED) is 0.531. The van der Waals surface area contributed by atoms with Crippen LogP contribution in [0.3, 0.4) is 0 Å². The van der Waals surface area contributed by atoms with Crippen molar-refractivity contribution in [1.29, 1.82) is 0 Å². The number of carbonyl (C=O) groups is 2. The molecule has 3 nitrogen and oxygen atoms in total. The minimum atomic E-state index is -0.431. The van der Waals surface area contributed by atoms with E-state index < -0.39 is 5.97 Å². The van der Waals surface area contributed by atoms with Crippen LogP contribution in [0, 0.1) is 11.8 Å². The zero-order valence-corrected chi connectivity index (χ0v) is 9.70. The molecule has 0 heterocycles. The van der Waals surface area contributed by atoms with E-state index in [1.54, 1.807) is 13.0 Å². The third kappa shape index (κ3) is 2.04. The molecule has 3 heteroatoms. The van der Waals surface area contributed by atoms with Crippen LogP contribution in [0.4, 0.5) is 0 Å². The van der Waals surface area contributed by atoms with Crippen molar-refractivity contribution in [1.82, 2.24) is 0 Å². The molecule has 0 N–H and O–H groups in total. The van der Waals surface area contributed by atoms with Crippen molar-refractivity contribution in [2.75, 3.05) is 6.61 Å². The van der Waals surface area contributed by atoms with E-state index >= 15 is 0 Å². The Morgan fingerprint density at radius 2 is 2.25 bits per heavy atom. The molecule has 0 aromatic carbocycles. The third-order valence-corrected chi connectivity index (χ3v) is 3.64. The van der Waals surface area contributed by atoms with Crippen molar-refractivity contribution >= 4 is 11.8 Å². The molecule has 0 radical (unpaired) electrons. The Morgan fingerprint density at radius 3 is 3.00 bits per heavy atom. The molecule has 0 aromatic heterocycles. The Balaban J connectivity index is 2.15. The summed E-state index contributed by atoms with van der Waals surface area (Å²) >= 11 is 0. The standard InChI is InChI=1S/C13H18O3/c1-2-16-13(15)11-8-4-6-9-5-3-7-10(9)12(11)14/h8-10H,2-7H2,1H3/t9-,10-/m0/s1. The lowest BCUT2D eigenvalue weighted by Gasteiger charge is -2.15. The Kier molecular flexibility index (Phi) is 3.42. The van der Waals surface area contributed by atoms with Crippen LogP contribution in [0.15, 0.2) is 11.6 Å². The Labute approximate surface area is 95.9 Å². The third-order valence-electron chi connectivity index (χ3n) is 3.64. The summed E-state index contributed by atoms with van der Waals surface area (Å²) in [5, 5.41) is 0. The monoisotopic (exact) mass is 222 g/mol. The van der Waals surface area contributed by atoms with Crippen molar-refractivity contribution in [3.63, 3.8) is 0 Å². The lowest BCUT2D eigenvalue weighted by molar-refractivity contribution is -0.140. The first-order valence-electron chi connectivity index (χ1n) is 6.15. The lowest BCUT2D eigenvalue weighted by atomic mass is 9.88. The van der Waals surface area contributed by atoms with Crippen molar-refractivity contribution < 1.29 is 14.3 Å². The van der Waals surface area contributed by atoms with Gasteiger partial charge in [0.15, 0.2) is 5.78 Å². The van der Waals surface area contributed by atoms with E-state index in [4.69, 9.17) is 4.74 Å². The summed E-state index contributed by atoms with van der Waals surface area (Å²) in [4.78, 5) is 23.8. The first-order chi connectivity index (χ1) is 7.74.